The van der Waals surface area contributed by atoms with Gasteiger partial charge in [0, 0.05) is 29.1 Å². The fourth-order valence-corrected chi connectivity index (χ4v) is 4.95. The zero-order chi connectivity index (χ0) is 21.5. The summed E-state index contributed by atoms with van der Waals surface area (Å²) >= 11 is 0. The summed E-state index contributed by atoms with van der Waals surface area (Å²) in [6.07, 6.45) is 11.0. The number of piperidine rings is 1. The number of hydrogen-bond acceptors (Lipinski definition) is 2. The maximum Gasteiger partial charge on any atom is 0.162 e. The van der Waals surface area contributed by atoms with Crippen molar-refractivity contribution in [2.45, 2.75) is 64.2 Å². The average molecular weight is 417 g/mol. The Bertz CT molecular complexity index is 967. The van der Waals surface area contributed by atoms with E-state index in [0.717, 1.165) is 23.9 Å². The van der Waals surface area contributed by atoms with Crippen molar-refractivity contribution < 1.29 is 4.79 Å². The van der Waals surface area contributed by atoms with Crippen LogP contribution in [0.3, 0.4) is 0 Å². The van der Waals surface area contributed by atoms with Crippen LogP contribution in [0.5, 0.6) is 0 Å². The maximum atomic E-state index is 12.8. The van der Waals surface area contributed by atoms with Crippen LogP contribution < -0.4 is 0 Å². The Balaban J connectivity index is 1.37. The molecule has 3 heteroatoms. The van der Waals surface area contributed by atoms with Crippen LogP contribution in [0, 0.1) is 0 Å². The van der Waals surface area contributed by atoms with Crippen molar-refractivity contribution in [1.82, 2.24) is 9.88 Å². The molecular formula is C28H36N2O. The number of likely N-dealkylation sites (tertiary alicyclic amines) is 1. The van der Waals surface area contributed by atoms with Crippen LogP contribution in [0.4, 0.5) is 0 Å². The van der Waals surface area contributed by atoms with Gasteiger partial charge in [-0.05, 0) is 87.0 Å². The molecule has 164 valence electrons. The first-order chi connectivity index (χ1) is 15.2. The van der Waals surface area contributed by atoms with E-state index in [1.807, 2.05) is 12.1 Å². The third-order valence-corrected chi connectivity index (χ3v) is 6.85. The minimum atomic E-state index is 0.260. The number of hydrogen-bond donors (Lipinski definition) is 1. The topological polar surface area (TPSA) is 36.1 Å². The van der Waals surface area contributed by atoms with Gasteiger partial charge in [-0.3, -0.25) is 4.79 Å². The minimum Gasteiger partial charge on any atom is -0.361 e. The summed E-state index contributed by atoms with van der Waals surface area (Å²) in [4.78, 5) is 18.9. The molecule has 1 saturated heterocycles. The molecule has 0 spiro atoms. The molecule has 1 fully saturated rings. The first-order valence-corrected chi connectivity index (χ1v) is 12.1. The van der Waals surface area contributed by atoms with Crippen LogP contribution in [0.2, 0.25) is 0 Å². The van der Waals surface area contributed by atoms with Gasteiger partial charge in [0.2, 0.25) is 0 Å². The fraction of sp³-hybridized carbons (Fsp3) is 0.464. The Morgan fingerprint density at radius 2 is 1.84 bits per heavy atom. The highest BCUT2D eigenvalue weighted by Crippen LogP contribution is 2.34. The Kier molecular flexibility index (Phi) is 7.58. The maximum absolute atomic E-state index is 12.8. The molecule has 0 bridgehead atoms. The molecule has 1 aromatic heterocycles. The SMILES string of the molecule is CCCCCN1CCC(c2c[nH]c3ccc(C(=O)CCCc4ccccc4)cc23)CC1. The fourth-order valence-electron chi connectivity index (χ4n) is 4.95. The normalized spacial score (nSPS) is 15.5. The van der Waals surface area contributed by atoms with Gasteiger partial charge in [0.05, 0.1) is 0 Å². The van der Waals surface area contributed by atoms with Crippen molar-refractivity contribution >= 4 is 16.7 Å². The van der Waals surface area contributed by atoms with Crippen LogP contribution in [0.1, 0.15) is 79.3 Å². The van der Waals surface area contributed by atoms with Crippen molar-refractivity contribution in [2.75, 3.05) is 19.6 Å². The van der Waals surface area contributed by atoms with E-state index in [0.29, 0.717) is 12.3 Å². The number of aromatic amines is 1. The highest BCUT2D eigenvalue weighted by molar-refractivity contribution is 6.00. The van der Waals surface area contributed by atoms with E-state index in [9.17, 15) is 4.79 Å². The number of aryl methyl sites for hydroxylation is 1. The molecule has 2 aromatic carbocycles. The van der Waals surface area contributed by atoms with Crippen molar-refractivity contribution in [3.05, 3.63) is 71.4 Å². The van der Waals surface area contributed by atoms with Crippen LogP contribution in [-0.4, -0.2) is 35.3 Å². The predicted molar refractivity (Wildman–Crippen MR) is 130 cm³/mol. The summed E-state index contributed by atoms with van der Waals surface area (Å²) < 4.78 is 0. The molecule has 0 radical (unpaired) electrons. The summed E-state index contributed by atoms with van der Waals surface area (Å²) in [7, 11) is 0. The number of carbonyl (C=O) groups excluding carboxylic acids is 1. The second kappa shape index (κ2) is 10.8. The van der Waals surface area contributed by atoms with Crippen LogP contribution >= 0.6 is 0 Å². The quantitative estimate of drug-likeness (QED) is 0.293. The van der Waals surface area contributed by atoms with Crippen molar-refractivity contribution in [3.63, 3.8) is 0 Å². The molecule has 0 aliphatic carbocycles. The molecule has 2 heterocycles. The third kappa shape index (κ3) is 5.65. The van der Waals surface area contributed by atoms with E-state index in [2.05, 4.69) is 59.4 Å². The standard InChI is InChI=1S/C28H36N2O/c1-2-3-7-17-30-18-15-23(16-19-30)26-21-29-27-14-13-24(20-25(26)27)28(31)12-8-11-22-9-5-4-6-10-22/h4-6,9-10,13-14,20-21,23,29H,2-3,7-8,11-12,15-19H2,1H3. The zero-order valence-electron chi connectivity index (χ0n) is 18.9. The number of aromatic nitrogens is 1. The highest BCUT2D eigenvalue weighted by Gasteiger charge is 2.23. The minimum absolute atomic E-state index is 0.260. The van der Waals surface area contributed by atoms with E-state index in [1.165, 1.54) is 68.3 Å². The van der Waals surface area contributed by atoms with E-state index in [-0.39, 0.29) is 5.78 Å². The lowest BCUT2D eigenvalue weighted by Crippen LogP contribution is -2.33. The molecule has 0 saturated carbocycles. The first-order valence-electron chi connectivity index (χ1n) is 12.1. The van der Waals surface area contributed by atoms with Crippen molar-refractivity contribution in [3.8, 4) is 0 Å². The smallest absolute Gasteiger partial charge is 0.162 e. The highest BCUT2D eigenvalue weighted by atomic mass is 16.1. The van der Waals surface area contributed by atoms with Crippen LogP contribution in [0.25, 0.3) is 10.9 Å². The van der Waals surface area contributed by atoms with Crippen LogP contribution in [-0.2, 0) is 6.42 Å². The lowest BCUT2D eigenvalue weighted by atomic mass is 9.88. The molecule has 0 amide bonds. The van der Waals surface area contributed by atoms with Gasteiger partial charge in [0.25, 0.3) is 0 Å². The van der Waals surface area contributed by atoms with Gasteiger partial charge in [-0.1, -0.05) is 50.1 Å². The van der Waals surface area contributed by atoms with Gasteiger partial charge in [-0.25, -0.2) is 0 Å². The van der Waals surface area contributed by atoms with Gasteiger partial charge < -0.3 is 9.88 Å². The number of ketones is 1. The number of carbonyl (C=O) groups is 1. The van der Waals surface area contributed by atoms with Gasteiger partial charge in [0.15, 0.2) is 5.78 Å². The third-order valence-electron chi connectivity index (χ3n) is 6.85. The van der Waals surface area contributed by atoms with E-state index in [4.69, 9.17) is 0 Å². The predicted octanol–water partition coefficient (Wildman–Crippen LogP) is 6.74. The Morgan fingerprint density at radius 3 is 2.61 bits per heavy atom. The van der Waals surface area contributed by atoms with Gasteiger partial charge in [0.1, 0.15) is 0 Å². The monoisotopic (exact) mass is 416 g/mol. The number of rotatable bonds is 10. The van der Waals surface area contributed by atoms with Gasteiger partial charge in [-0.2, -0.15) is 0 Å². The zero-order valence-corrected chi connectivity index (χ0v) is 18.9. The number of H-pyrrole nitrogens is 1. The molecule has 1 N–H and O–H groups in total. The molecule has 0 unspecified atom stereocenters. The number of unbranched alkanes of at least 4 members (excludes halogenated alkanes) is 2. The number of Topliss-reactive ketones (excluding diaryl/α,β-unsaturated/α-hetero) is 1. The second-order valence-electron chi connectivity index (χ2n) is 9.09. The van der Waals surface area contributed by atoms with E-state index < -0.39 is 0 Å². The summed E-state index contributed by atoms with van der Waals surface area (Å²) in [6, 6.07) is 16.7. The molecule has 3 nitrogen and oxygen atoms in total. The van der Waals surface area contributed by atoms with Crippen molar-refractivity contribution in [2.24, 2.45) is 0 Å². The molecule has 1 aliphatic heterocycles. The number of fused-ring (bicyclic) bond motifs is 1. The number of nitrogens with zero attached hydrogens (tertiary/aromatic N) is 1. The molecule has 1 aliphatic rings. The summed E-state index contributed by atoms with van der Waals surface area (Å²) in [5.74, 6) is 0.857. The van der Waals surface area contributed by atoms with E-state index in [1.54, 1.807) is 0 Å². The van der Waals surface area contributed by atoms with Gasteiger partial charge in [-0.15, -0.1) is 0 Å². The largest absolute Gasteiger partial charge is 0.361 e. The van der Waals surface area contributed by atoms with Crippen molar-refractivity contribution in [1.29, 1.82) is 0 Å². The molecule has 4 rings (SSSR count). The molecule has 0 atom stereocenters. The first kappa shape index (κ1) is 21.8. The van der Waals surface area contributed by atoms with E-state index >= 15 is 0 Å². The van der Waals surface area contributed by atoms with Gasteiger partial charge >= 0.3 is 0 Å². The number of nitrogens with one attached hydrogen (secondary N) is 1. The Hall–Kier alpha value is -2.39. The second-order valence-corrected chi connectivity index (χ2v) is 9.09. The summed E-state index contributed by atoms with van der Waals surface area (Å²) in [5, 5.41) is 1.25. The summed E-state index contributed by atoms with van der Waals surface area (Å²) in [6.45, 7) is 5.90. The Morgan fingerprint density at radius 1 is 1.03 bits per heavy atom. The number of benzene rings is 2. The van der Waals surface area contributed by atoms with Crippen LogP contribution in [0.15, 0.2) is 54.7 Å². The Labute approximate surface area is 186 Å². The average Bonchev–Trinajstić information content (AvgIpc) is 3.24. The lowest BCUT2D eigenvalue weighted by Gasteiger charge is -2.32. The summed E-state index contributed by atoms with van der Waals surface area (Å²) in [5.41, 5.74) is 4.72. The molecule has 31 heavy (non-hydrogen) atoms. The molecular weight excluding hydrogens is 380 g/mol. The molecule has 3 aromatic rings. The lowest BCUT2D eigenvalue weighted by molar-refractivity contribution is 0.0980.